The van der Waals surface area contributed by atoms with Gasteiger partial charge >= 0.3 is 5.97 Å². The van der Waals surface area contributed by atoms with Gasteiger partial charge in [0.1, 0.15) is 0 Å². The molecule has 0 aromatic heterocycles. The van der Waals surface area contributed by atoms with Crippen LogP contribution in [-0.4, -0.2) is 5.97 Å². The highest BCUT2D eigenvalue weighted by atomic mass is 17.2. The number of hydrogen-bond acceptors (Lipinski definition) is 3. The summed E-state index contributed by atoms with van der Waals surface area (Å²) in [5, 5.41) is 0. The molecule has 0 aliphatic heterocycles. The second-order valence-corrected chi connectivity index (χ2v) is 7.21. The van der Waals surface area contributed by atoms with Gasteiger partial charge in [-0.25, -0.2) is 4.79 Å². The second kappa shape index (κ2) is 9.83. The van der Waals surface area contributed by atoms with Gasteiger partial charge in [0.25, 0.3) is 0 Å². The van der Waals surface area contributed by atoms with Crippen LogP contribution < -0.4 is 0 Å². The third kappa shape index (κ3) is 5.94. The van der Waals surface area contributed by atoms with Crippen LogP contribution in [0.2, 0.25) is 0 Å². The fourth-order valence-electron chi connectivity index (χ4n) is 3.31. The van der Waals surface area contributed by atoms with Crippen LogP contribution in [0, 0.1) is 17.9 Å². The van der Waals surface area contributed by atoms with Crippen molar-refractivity contribution in [2.75, 3.05) is 0 Å². The Hall–Kier alpha value is -1.35. The van der Waals surface area contributed by atoms with Crippen LogP contribution >= 0.6 is 0 Å². The van der Waals surface area contributed by atoms with Crippen molar-refractivity contribution in [2.24, 2.45) is 11.8 Å². The van der Waals surface area contributed by atoms with Crippen LogP contribution in [0.4, 0.5) is 0 Å². The normalized spacial score (nSPS) is 21.6. The summed E-state index contributed by atoms with van der Waals surface area (Å²) in [6.07, 6.45) is 10.1. The number of carbonyl (C=O) groups excluding carboxylic acids is 1. The molecule has 3 heteroatoms. The van der Waals surface area contributed by atoms with Crippen LogP contribution in [0.15, 0.2) is 24.3 Å². The third-order valence-corrected chi connectivity index (χ3v) is 4.92. The van der Waals surface area contributed by atoms with Crippen molar-refractivity contribution in [2.45, 2.75) is 72.1 Å². The first kappa shape index (κ1) is 19.0. The predicted molar refractivity (Wildman–Crippen MR) is 96.2 cm³/mol. The smallest absolute Gasteiger partial charge is 0.292 e. The first-order valence-corrected chi connectivity index (χ1v) is 9.43. The molecule has 1 aromatic rings. The van der Waals surface area contributed by atoms with E-state index in [9.17, 15) is 4.79 Å². The average Bonchev–Trinajstić information content (AvgIpc) is 2.58. The number of unbranched alkanes of at least 4 members (excludes halogenated alkanes) is 3. The molecule has 1 fully saturated rings. The maximum atomic E-state index is 12.1. The topological polar surface area (TPSA) is 35.5 Å². The van der Waals surface area contributed by atoms with Crippen LogP contribution in [0.1, 0.15) is 81.6 Å². The molecule has 24 heavy (non-hydrogen) atoms. The Bertz CT molecular complexity index is 494. The lowest BCUT2D eigenvalue weighted by molar-refractivity contribution is -0.247. The summed E-state index contributed by atoms with van der Waals surface area (Å²) in [5.41, 5.74) is 1.82. The molecule has 0 bridgehead atoms. The number of aryl methyl sites for hydroxylation is 1. The molecule has 2 unspecified atom stereocenters. The lowest BCUT2D eigenvalue weighted by Crippen LogP contribution is -2.23. The summed E-state index contributed by atoms with van der Waals surface area (Å²) in [6, 6.07) is 7.69. The molecule has 0 spiro atoms. The molecule has 0 N–H and O–H groups in total. The lowest BCUT2D eigenvalue weighted by Gasteiger charge is -2.29. The third-order valence-electron chi connectivity index (χ3n) is 4.92. The zero-order valence-electron chi connectivity index (χ0n) is 15.3. The van der Waals surface area contributed by atoms with E-state index in [2.05, 4.69) is 20.8 Å². The first-order valence-electron chi connectivity index (χ1n) is 9.43. The largest absolute Gasteiger partial charge is 0.373 e. The molecular weight excluding hydrogens is 300 g/mol. The summed E-state index contributed by atoms with van der Waals surface area (Å²) < 4.78 is 0. The molecule has 1 aliphatic carbocycles. The van der Waals surface area contributed by atoms with Crippen molar-refractivity contribution in [3.8, 4) is 0 Å². The molecule has 1 aromatic carbocycles. The molecule has 2 atom stereocenters. The second-order valence-electron chi connectivity index (χ2n) is 7.21. The fraction of sp³-hybridized carbons (Fsp3) is 0.619. The van der Waals surface area contributed by atoms with E-state index in [4.69, 9.17) is 9.78 Å². The molecule has 1 saturated carbocycles. The highest BCUT2D eigenvalue weighted by Crippen LogP contribution is 2.35. The van der Waals surface area contributed by atoms with Gasteiger partial charge in [0.05, 0.1) is 5.56 Å². The standard InChI is InChI=1S/C21H31O3/c1-4-5-6-7-8-18-10-12-19(13-11-18)21(22)24-23-20-14-9-16(2)15-17(20)3/h10-13,16-17H,4-9,14-15H2,1-3H3. The lowest BCUT2D eigenvalue weighted by atomic mass is 9.81. The Morgan fingerprint density at radius 2 is 1.88 bits per heavy atom. The molecule has 133 valence electrons. The zero-order chi connectivity index (χ0) is 17.4. The van der Waals surface area contributed by atoms with E-state index in [0.29, 0.717) is 17.4 Å². The average molecular weight is 331 g/mol. The maximum Gasteiger partial charge on any atom is 0.373 e. The van der Waals surface area contributed by atoms with Gasteiger partial charge in [-0.3, -0.25) is 4.89 Å². The van der Waals surface area contributed by atoms with E-state index < -0.39 is 5.97 Å². The Morgan fingerprint density at radius 3 is 2.54 bits per heavy atom. The molecular formula is C21H31O3. The monoisotopic (exact) mass is 331 g/mol. The van der Waals surface area contributed by atoms with E-state index in [-0.39, 0.29) is 0 Å². The summed E-state index contributed by atoms with van der Waals surface area (Å²) in [5.74, 6) is 0.658. The van der Waals surface area contributed by atoms with Crippen molar-refractivity contribution in [3.63, 3.8) is 0 Å². The van der Waals surface area contributed by atoms with Gasteiger partial charge in [-0.1, -0.05) is 52.2 Å². The molecule has 1 radical (unpaired) electrons. The minimum atomic E-state index is -0.411. The Labute approximate surface area is 146 Å². The first-order chi connectivity index (χ1) is 11.6. The Morgan fingerprint density at radius 1 is 1.12 bits per heavy atom. The predicted octanol–water partition coefficient (Wildman–Crippen LogP) is 5.89. The molecule has 0 amide bonds. The molecule has 0 saturated heterocycles. The van der Waals surface area contributed by atoms with Crippen LogP contribution in [-0.2, 0) is 16.2 Å². The SMILES string of the molecule is CCCCCCc1ccc(C(=O)OO[C]2CCC(C)CC2C)cc1. The quantitative estimate of drug-likeness (QED) is 0.339. The number of rotatable bonds is 8. The molecule has 0 heterocycles. The summed E-state index contributed by atoms with van der Waals surface area (Å²) in [6.45, 7) is 6.60. The van der Waals surface area contributed by atoms with E-state index in [0.717, 1.165) is 31.8 Å². The highest BCUT2D eigenvalue weighted by Gasteiger charge is 2.29. The summed E-state index contributed by atoms with van der Waals surface area (Å²) in [7, 11) is 0. The van der Waals surface area contributed by atoms with Gasteiger partial charge in [-0.2, -0.15) is 4.89 Å². The maximum absolute atomic E-state index is 12.1. The van der Waals surface area contributed by atoms with E-state index >= 15 is 0 Å². The highest BCUT2D eigenvalue weighted by molar-refractivity contribution is 5.88. The Kier molecular flexibility index (Phi) is 7.77. The van der Waals surface area contributed by atoms with Gasteiger partial charge in [0.2, 0.25) is 0 Å². The number of benzene rings is 1. The van der Waals surface area contributed by atoms with Gasteiger partial charge in [-0.05, 0) is 61.6 Å². The summed E-state index contributed by atoms with van der Waals surface area (Å²) in [4.78, 5) is 22.5. The minimum absolute atomic E-state index is 0.354. The molecule has 2 rings (SSSR count). The van der Waals surface area contributed by atoms with Crippen molar-refractivity contribution >= 4 is 5.97 Å². The van der Waals surface area contributed by atoms with Gasteiger partial charge in [-0.15, -0.1) is 0 Å². The van der Waals surface area contributed by atoms with Crippen molar-refractivity contribution in [1.29, 1.82) is 0 Å². The Balaban J connectivity index is 1.76. The minimum Gasteiger partial charge on any atom is -0.292 e. The van der Waals surface area contributed by atoms with Crippen LogP contribution in [0.25, 0.3) is 0 Å². The molecule has 1 aliphatic rings. The zero-order valence-corrected chi connectivity index (χ0v) is 15.3. The fourth-order valence-corrected chi connectivity index (χ4v) is 3.31. The van der Waals surface area contributed by atoms with Crippen LogP contribution in [0.5, 0.6) is 0 Å². The number of hydrogen-bond donors (Lipinski definition) is 0. The van der Waals surface area contributed by atoms with Crippen molar-refractivity contribution in [1.82, 2.24) is 0 Å². The number of carbonyl (C=O) groups is 1. The summed E-state index contributed by atoms with van der Waals surface area (Å²) >= 11 is 0. The van der Waals surface area contributed by atoms with Crippen molar-refractivity contribution < 1.29 is 14.6 Å². The van der Waals surface area contributed by atoms with Gasteiger partial charge in [0.15, 0.2) is 6.10 Å². The van der Waals surface area contributed by atoms with E-state index in [1.807, 2.05) is 24.3 Å². The molecule has 3 nitrogen and oxygen atoms in total. The van der Waals surface area contributed by atoms with E-state index in [1.165, 1.54) is 31.2 Å². The van der Waals surface area contributed by atoms with E-state index in [1.54, 1.807) is 0 Å². The van der Waals surface area contributed by atoms with Gasteiger partial charge in [0, 0.05) is 0 Å². The van der Waals surface area contributed by atoms with Gasteiger partial charge < -0.3 is 0 Å². The van der Waals surface area contributed by atoms with Crippen LogP contribution in [0.3, 0.4) is 0 Å². The van der Waals surface area contributed by atoms with Crippen molar-refractivity contribution in [3.05, 3.63) is 41.5 Å².